The summed E-state index contributed by atoms with van der Waals surface area (Å²) in [5, 5.41) is 12.2. The van der Waals surface area contributed by atoms with Crippen LogP contribution in [0.25, 0.3) is 17.3 Å². The van der Waals surface area contributed by atoms with Gasteiger partial charge in [-0.1, -0.05) is 84.0 Å². The third-order valence-electron chi connectivity index (χ3n) is 7.88. The van der Waals surface area contributed by atoms with E-state index in [1.54, 1.807) is 30.2 Å². The number of carbonyl (C=O) groups excluding carboxylic acids is 2. The number of aryl methyl sites for hydroxylation is 1. The molecule has 0 bridgehead atoms. The summed E-state index contributed by atoms with van der Waals surface area (Å²) in [6.07, 6.45) is 5.91. The fraction of sp³-hybridized carbons (Fsp3) is 0.194. The molecule has 5 aromatic rings. The second-order valence-corrected chi connectivity index (χ2v) is 11.0. The summed E-state index contributed by atoms with van der Waals surface area (Å²) < 4.78 is 5.18. The number of fused-ring (bicyclic) bond motifs is 1. The van der Waals surface area contributed by atoms with E-state index in [1.165, 1.54) is 11.6 Å². The van der Waals surface area contributed by atoms with E-state index in [4.69, 9.17) is 4.52 Å². The molecule has 220 valence electrons. The molecule has 8 heteroatoms. The van der Waals surface area contributed by atoms with Gasteiger partial charge in [-0.25, -0.2) is 0 Å². The average molecular weight is 584 g/mol. The molecule has 3 aromatic carbocycles. The van der Waals surface area contributed by atoms with Crippen LogP contribution in [0, 0.1) is 6.92 Å². The number of rotatable bonds is 9. The third kappa shape index (κ3) is 6.81. The summed E-state index contributed by atoms with van der Waals surface area (Å²) >= 11 is 0. The Hall–Kier alpha value is -5.37. The number of benzene rings is 3. The number of hydrogen-bond donors (Lipinski definition) is 0. The Labute approximate surface area is 256 Å². The number of amides is 2. The van der Waals surface area contributed by atoms with E-state index >= 15 is 0 Å². The standard InChI is InChI=1S/C36H33N5O3/c1-26-22-32(39-44-26)17-18-35(42)41(24-28-13-15-30(16-14-28)33-12-7-20-37-38-33)34(23-27-8-3-2-4-9-27)36(43)40-21-19-29-10-5-6-11-31(29)25-40/h2-18,20,22,34H,19,21,23-25H2,1H3/t34-/m0/s1. The lowest BCUT2D eigenvalue weighted by Gasteiger charge is -2.36. The molecule has 0 N–H and O–H groups in total. The summed E-state index contributed by atoms with van der Waals surface area (Å²) in [5.41, 5.74) is 6.51. The van der Waals surface area contributed by atoms with Crippen molar-refractivity contribution in [1.29, 1.82) is 0 Å². The highest BCUT2D eigenvalue weighted by Crippen LogP contribution is 2.24. The van der Waals surface area contributed by atoms with Crippen LogP contribution in [-0.2, 0) is 35.5 Å². The lowest BCUT2D eigenvalue weighted by atomic mass is 9.97. The van der Waals surface area contributed by atoms with Crippen LogP contribution in [0.1, 0.15) is 33.7 Å². The van der Waals surface area contributed by atoms with Gasteiger partial charge in [0.1, 0.15) is 17.5 Å². The number of nitrogens with zero attached hydrogens (tertiary/aromatic N) is 5. The van der Waals surface area contributed by atoms with Crippen LogP contribution in [0.15, 0.2) is 114 Å². The largest absolute Gasteiger partial charge is 0.361 e. The van der Waals surface area contributed by atoms with Crippen LogP contribution in [0.3, 0.4) is 0 Å². The van der Waals surface area contributed by atoms with Crippen molar-refractivity contribution < 1.29 is 14.1 Å². The van der Waals surface area contributed by atoms with Crippen molar-refractivity contribution in [3.63, 3.8) is 0 Å². The Kier molecular flexibility index (Phi) is 8.68. The molecule has 0 unspecified atom stereocenters. The van der Waals surface area contributed by atoms with Gasteiger partial charge in [0, 0.05) is 50.0 Å². The van der Waals surface area contributed by atoms with Crippen molar-refractivity contribution in [1.82, 2.24) is 25.2 Å². The summed E-state index contributed by atoms with van der Waals surface area (Å²) in [6.45, 7) is 3.16. The summed E-state index contributed by atoms with van der Waals surface area (Å²) in [6, 6.07) is 30.7. The summed E-state index contributed by atoms with van der Waals surface area (Å²) in [5.74, 6) is 0.300. The first-order valence-corrected chi connectivity index (χ1v) is 14.7. The Bertz CT molecular complexity index is 1750. The van der Waals surface area contributed by atoms with E-state index in [1.807, 2.05) is 83.8 Å². The first kappa shape index (κ1) is 28.7. The van der Waals surface area contributed by atoms with Crippen molar-refractivity contribution >= 4 is 17.9 Å². The van der Waals surface area contributed by atoms with Gasteiger partial charge in [-0.2, -0.15) is 10.2 Å². The van der Waals surface area contributed by atoms with Crippen LogP contribution in [-0.4, -0.2) is 49.6 Å². The number of hydrogen-bond acceptors (Lipinski definition) is 6. The Balaban J connectivity index is 1.34. The smallest absolute Gasteiger partial charge is 0.247 e. The lowest BCUT2D eigenvalue weighted by Crippen LogP contribution is -2.52. The predicted octanol–water partition coefficient (Wildman–Crippen LogP) is 5.68. The zero-order chi connectivity index (χ0) is 30.3. The normalized spacial score (nSPS) is 13.4. The van der Waals surface area contributed by atoms with Crippen LogP contribution in [0.2, 0.25) is 0 Å². The van der Waals surface area contributed by atoms with Gasteiger partial charge in [-0.3, -0.25) is 9.59 Å². The minimum Gasteiger partial charge on any atom is -0.361 e. The Morgan fingerprint density at radius 1 is 0.932 bits per heavy atom. The maximum Gasteiger partial charge on any atom is 0.247 e. The zero-order valence-electron chi connectivity index (χ0n) is 24.5. The Morgan fingerprint density at radius 2 is 1.70 bits per heavy atom. The van der Waals surface area contributed by atoms with E-state index < -0.39 is 6.04 Å². The second kappa shape index (κ2) is 13.3. The van der Waals surface area contributed by atoms with Gasteiger partial charge in [-0.15, -0.1) is 0 Å². The molecule has 0 saturated carbocycles. The van der Waals surface area contributed by atoms with E-state index in [0.717, 1.165) is 34.4 Å². The fourth-order valence-corrected chi connectivity index (χ4v) is 5.55. The lowest BCUT2D eigenvalue weighted by molar-refractivity contribution is -0.144. The molecule has 1 aliphatic heterocycles. The maximum atomic E-state index is 14.4. The predicted molar refractivity (Wildman–Crippen MR) is 168 cm³/mol. The second-order valence-electron chi connectivity index (χ2n) is 11.0. The molecule has 3 heterocycles. The molecule has 0 radical (unpaired) electrons. The quantitative estimate of drug-likeness (QED) is 0.208. The highest BCUT2D eigenvalue weighted by Gasteiger charge is 2.34. The zero-order valence-corrected chi connectivity index (χ0v) is 24.5. The number of carbonyl (C=O) groups is 2. The molecule has 1 aliphatic rings. The molecule has 2 aromatic heterocycles. The van der Waals surface area contributed by atoms with E-state index in [0.29, 0.717) is 31.0 Å². The summed E-state index contributed by atoms with van der Waals surface area (Å²) in [4.78, 5) is 32.0. The van der Waals surface area contributed by atoms with Gasteiger partial charge >= 0.3 is 0 Å². The average Bonchev–Trinajstić information content (AvgIpc) is 3.50. The van der Waals surface area contributed by atoms with Crippen molar-refractivity contribution in [2.75, 3.05) is 6.54 Å². The van der Waals surface area contributed by atoms with Crippen molar-refractivity contribution in [2.45, 2.75) is 38.9 Å². The van der Waals surface area contributed by atoms with E-state index in [9.17, 15) is 9.59 Å². The molecule has 0 spiro atoms. The topological polar surface area (TPSA) is 92.4 Å². The number of aromatic nitrogens is 3. The molecule has 2 amide bonds. The fourth-order valence-electron chi connectivity index (χ4n) is 5.55. The molecular weight excluding hydrogens is 550 g/mol. The molecule has 0 aliphatic carbocycles. The molecule has 0 saturated heterocycles. The van der Waals surface area contributed by atoms with Gasteiger partial charge < -0.3 is 14.3 Å². The van der Waals surface area contributed by atoms with Crippen LogP contribution in [0.5, 0.6) is 0 Å². The molecular formula is C36H33N5O3. The maximum absolute atomic E-state index is 14.4. The highest BCUT2D eigenvalue weighted by molar-refractivity contribution is 5.95. The van der Waals surface area contributed by atoms with Gasteiger partial charge in [-0.05, 0) is 53.8 Å². The molecule has 8 nitrogen and oxygen atoms in total. The first-order valence-electron chi connectivity index (χ1n) is 14.7. The van der Waals surface area contributed by atoms with E-state index in [2.05, 4.69) is 27.5 Å². The minimum absolute atomic E-state index is 0.0708. The van der Waals surface area contributed by atoms with E-state index in [-0.39, 0.29) is 18.4 Å². The molecule has 6 rings (SSSR count). The van der Waals surface area contributed by atoms with Gasteiger partial charge in [0.2, 0.25) is 11.8 Å². The Morgan fingerprint density at radius 3 is 2.43 bits per heavy atom. The van der Waals surface area contributed by atoms with Crippen molar-refractivity contribution in [3.8, 4) is 11.3 Å². The first-order chi connectivity index (χ1) is 21.5. The SMILES string of the molecule is Cc1cc(C=CC(=O)N(Cc2ccc(-c3cccnn3)cc2)[C@@H](Cc2ccccc2)C(=O)N2CCc3ccccc3C2)no1. The monoisotopic (exact) mass is 583 g/mol. The molecule has 44 heavy (non-hydrogen) atoms. The van der Waals surface area contributed by atoms with Gasteiger partial charge in [0.15, 0.2) is 0 Å². The third-order valence-corrected chi connectivity index (χ3v) is 7.88. The van der Waals surface area contributed by atoms with Crippen LogP contribution < -0.4 is 0 Å². The van der Waals surface area contributed by atoms with Crippen LogP contribution >= 0.6 is 0 Å². The highest BCUT2D eigenvalue weighted by atomic mass is 16.5. The van der Waals surface area contributed by atoms with Gasteiger partial charge in [0.05, 0.1) is 5.69 Å². The summed E-state index contributed by atoms with van der Waals surface area (Å²) in [7, 11) is 0. The van der Waals surface area contributed by atoms with Crippen LogP contribution in [0.4, 0.5) is 0 Å². The molecule has 0 fully saturated rings. The van der Waals surface area contributed by atoms with Crippen molar-refractivity contribution in [2.24, 2.45) is 0 Å². The minimum atomic E-state index is -0.724. The van der Waals surface area contributed by atoms with Crippen molar-refractivity contribution in [3.05, 3.63) is 143 Å². The molecule has 1 atom stereocenters. The van der Waals surface area contributed by atoms with Gasteiger partial charge in [0.25, 0.3) is 0 Å².